The van der Waals surface area contributed by atoms with Gasteiger partial charge in [-0.1, -0.05) is 47.7 Å². The second-order valence-electron chi connectivity index (χ2n) is 8.11. The minimum absolute atomic E-state index is 0.0597. The number of ketones is 1. The number of benzene rings is 2. The molecule has 3 N–H and O–H groups in total. The molecule has 0 saturated carbocycles. The van der Waals surface area contributed by atoms with E-state index in [1.54, 1.807) is 35.8 Å². The molecule has 0 bridgehead atoms. The number of carbonyl (C=O) groups excluding carboxylic acids is 1. The van der Waals surface area contributed by atoms with Gasteiger partial charge in [0.05, 0.1) is 17.5 Å². The monoisotopic (exact) mass is 510 g/mol. The van der Waals surface area contributed by atoms with Crippen LogP contribution in [0.4, 0.5) is 4.39 Å². The predicted molar refractivity (Wildman–Crippen MR) is 135 cm³/mol. The number of aromatic nitrogens is 1. The summed E-state index contributed by atoms with van der Waals surface area (Å²) in [6, 6.07) is 6.72. The normalized spacial score (nSPS) is 15.0. The van der Waals surface area contributed by atoms with E-state index in [4.69, 9.17) is 22.1 Å². The maximum atomic E-state index is 15.1. The predicted octanol–water partition coefficient (Wildman–Crippen LogP) is 5.55. The van der Waals surface area contributed by atoms with Gasteiger partial charge in [0, 0.05) is 52.2 Å². The number of Topliss-reactive ketones (excluding diaryl/α,β-unsaturated/α-hetero) is 1. The highest BCUT2D eigenvalue weighted by Crippen LogP contribution is 2.44. The van der Waals surface area contributed by atoms with Crippen LogP contribution in [0.2, 0.25) is 5.02 Å². The number of ether oxygens (including phenoxy) is 1. The van der Waals surface area contributed by atoms with Crippen LogP contribution >= 0.6 is 23.4 Å². The third-order valence-electron chi connectivity index (χ3n) is 6.07. The summed E-state index contributed by atoms with van der Waals surface area (Å²) in [5, 5.41) is 12.9. The Hall–Kier alpha value is -3.49. The number of carbonyl (C=O) groups is 2. The maximum Gasteiger partial charge on any atom is 0.353 e. The average Bonchev–Trinajstić information content (AvgIpc) is 3.43. The number of nitrogens with two attached hydrogens (primary N) is 1. The standard InChI is InChI=1S/C26H20ClFN2O4S/c27-18-11-15(35-10-8-29)6-5-14(18)13-30-20-12-19(28)16-7-9-34-25(16)23(20)22(24(30)26(32)33)17-3-1-2-4-21(17)31/h1-3,5-6,8,10-12H,4,7,9,13,29H2,(H,32,33)/b10-8+. The lowest BCUT2D eigenvalue weighted by Crippen LogP contribution is -2.13. The molecule has 2 aliphatic rings. The molecule has 1 aliphatic carbocycles. The van der Waals surface area contributed by atoms with Crippen molar-refractivity contribution in [2.45, 2.75) is 24.3 Å². The fourth-order valence-electron chi connectivity index (χ4n) is 4.56. The summed E-state index contributed by atoms with van der Waals surface area (Å²) in [4.78, 5) is 26.3. The molecule has 2 aromatic carbocycles. The van der Waals surface area contributed by atoms with Gasteiger partial charge < -0.3 is 20.1 Å². The maximum absolute atomic E-state index is 15.1. The van der Waals surface area contributed by atoms with Crippen molar-refractivity contribution < 1.29 is 23.8 Å². The zero-order chi connectivity index (χ0) is 24.7. The van der Waals surface area contributed by atoms with Crippen molar-refractivity contribution in [3.8, 4) is 5.75 Å². The Morgan fingerprint density at radius 1 is 1.34 bits per heavy atom. The van der Waals surface area contributed by atoms with E-state index in [0.717, 1.165) is 4.90 Å². The van der Waals surface area contributed by atoms with E-state index in [1.165, 1.54) is 28.6 Å². The van der Waals surface area contributed by atoms with E-state index in [-0.39, 0.29) is 42.2 Å². The Labute approximate surface area is 209 Å². The molecule has 178 valence electrons. The smallest absolute Gasteiger partial charge is 0.353 e. The van der Waals surface area contributed by atoms with Gasteiger partial charge in [-0.15, -0.1) is 0 Å². The third kappa shape index (κ3) is 4.02. The Morgan fingerprint density at radius 3 is 2.89 bits per heavy atom. The third-order valence-corrected chi connectivity index (χ3v) is 7.24. The summed E-state index contributed by atoms with van der Waals surface area (Å²) >= 11 is 7.93. The molecule has 0 unspecified atom stereocenters. The average molecular weight is 511 g/mol. The largest absolute Gasteiger partial charge is 0.492 e. The second kappa shape index (κ2) is 9.28. The lowest BCUT2D eigenvalue weighted by molar-refractivity contribution is -0.113. The molecular formula is C26H20ClFN2O4S. The van der Waals surface area contributed by atoms with E-state index >= 15 is 4.39 Å². The Morgan fingerprint density at radius 2 is 2.17 bits per heavy atom. The summed E-state index contributed by atoms with van der Waals surface area (Å²) in [7, 11) is 0. The van der Waals surface area contributed by atoms with Gasteiger partial charge >= 0.3 is 5.97 Å². The summed E-state index contributed by atoms with van der Waals surface area (Å²) in [5.41, 5.74) is 7.17. The molecule has 3 aromatic rings. The second-order valence-corrected chi connectivity index (χ2v) is 9.50. The van der Waals surface area contributed by atoms with Gasteiger partial charge in [-0.2, -0.15) is 0 Å². The van der Waals surface area contributed by atoms with Gasteiger partial charge in [-0.05, 0) is 29.2 Å². The number of rotatable bonds is 6. The van der Waals surface area contributed by atoms with E-state index in [0.29, 0.717) is 39.2 Å². The number of hydrogen-bond donors (Lipinski definition) is 2. The number of allylic oxidation sites excluding steroid dienone is 4. The number of halogens is 2. The van der Waals surface area contributed by atoms with Crippen molar-refractivity contribution in [1.82, 2.24) is 4.57 Å². The minimum atomic E-state index is -1.23. The fourth-order valence-corrected chi connectivity index (χ4v) is 5.44. The number of aromatic carboxylic acids is 1. The first kappa shape index (κ1) is 23.3. The van der Waals surface area contributed by atoms with Crippen molar-refractivity contribution in [2.24, 2.45) is 5.73 Å². The lowest BCUT2D eigenvalue weighted by Gasteiger charge is -2.13. The van der Waals surface area contributed by atoms with Crippen LogP contribution in [0.15, 0.2) is 59.0 Å². The Kier molecular flexibility index (Phi) is 6.17. The van der Waals surface area contributed by atoms with Crippen LogP contribution in [0.25, 0.3) is 16.5 Å². The van der Waals surface area contributed by atoms with Crippen molar-refractivity contribution in [3.63, 3.8) is 0 Å². The number of nitrogens with zero attached hydrogens (tertiary/aromatic N) is 1. The van der Waals surface area contributed by atoms with Crippen molar-refractivity contribution in [1.29, 1.82) is 0 Å². The molecule has 6 nitrogen and oxygen atoms in total. The van der Waals surface area contributed by atoms with Crippen LogP contribution in [-0.4, -0.2) is 28.0 Å². The van der Waals surface area contributed by atoms with Crippen LogP contribution in [0, 0.1) is 5.82 Å². The first-order valence-electron chi connectivity index (χ1n) is 10.9. The van der Waals surface area contributed by atoms with Crippen LogP contribution in [0.1, 0.15) is 33.6 Å². The highest BCUT2D eigenvalue weighted by molar-refractivity contribution is 8.02. The molecule has 0 saturated heterocycles. The Bertz CT molecular complexity index is 1490. The van der Waals surface area contributed by atoms with Crippen LogP contribution < -0.4 is 10.5 Å². The van der Waals surface area contributed by atoms with Gasteiger partial charge in [-0.25, -0.2) is 9.18 Å². The van der Waals surface area contributed by atoms with Gasteiger partial charge in [0.15, 0.2) is 5.78 Å². The number of carboxylic acids is 1. The minimum Gasteiger partial charge on any atom is -0.492 e. The summed E-state index contributed by atoms with van der Waals surface area (Å²) < 4.78 is 22.4. The number of fused-ring (bicyclic) bond motifs is 3. The van der Waals surface area contributed by atoms with E-state index in [2.05, 4.69) is 0 Å². The van der Waals surface area contributed by atoms with Crippen LogP contribution in [0.3, 0.4) is 0 Å². The zero-order valence-corrected chi connectivity index (χ0v) is 20.0. The van der Waals surface area contributed by atoms with Crippen LogP contribution in [0.5, 0.6) is 5.75 Å². The molecule has 2 heterocycles. The molecule has 9 heteroatoms. The molecule has 0 atom stereocenters. The molecular weight excluding hydrogens is 491 g/mol. The van der Waals surface area contributed by atoms with Gasteiger partial charge in [0.1, 0.15) is 17.3 Å². The molecule has 5 rings (SSSR count). The molecule has 0 radical (unpaired) electrons. The molecule has 0 fully saturated rings. The highest BCUT2D eigenvalue weighted by atomic mass is 35.5. The van der Waals surface area contributed by atoms with Crippen molar-refractivity contribution >= 4 is 51.6 Å². The van der Waals surface area contributed by atoms with Crippen molar-refractivity contribution in [3.05, 3.63) is 87.3 Å². The first-order valence-corrected chi connectivity index (χ1v) is 12.1. The molecule has 1 aromatic heterocycles. The van der Waals surface area contributed by atoms with Gasteiger partial charge in [0.2, 0.25) is 0 Å². The van der Waals surface area contributed by atoms with E-state index in [1.807, 2.05) is 6.07 Å². The summed E-state index contributed by atoms with van der Waals surface area (Å²) in [6.45, 7) is 0.345. The fraction of sp³-hybridized carbons (Fsp3) is 0.154. The highest BCUT2D eigenvalue weighted by Gasteiger charge is 2.33. The topological polar surface area (TPSA) is 94.5 Å². The SMILES string of the molecule is N/C=C/Sc1ccc(Cn2c(C(=O)O)c(C3=CC=CCC3=O)c3c4c(c(F)cc32)CCO4)c(Cl)c1. The molecule has 1 aliphatic heterocycles. The summed E-state index contributed by atoms with van der Waals surface area (Å²) in [6.07, 6.45) is 6.99. The number of thioether (sulfide) groups is 1. The number of hydrogen-bond acceptors (Lipinski definition) is 5. The first-order chi connectivity index (χ1) is 16.9. The van der Waals surface area contributed by atoms with E-state index < -0.39 is 11.8 Å². The van der Waals surface area contributed by atoms with Crippen LogP contribution in [-0.2, 0) is 17.8 Å². The zero-order valence-electron chi connectivity index (χ0n) is 18.4. The van der Waals surface area contributed by atoms with Gasteiger partial charge in [-0.3, -0.25) is 4.79 Å². The summed E-state index contributed by atoms with van der Waals surface area (Å²) in [5.74, 6) is -1.62. The lowest BCUT2D eigenvalue weighted by atomic mass is 9.92. The van der Waals surface area contributed by atoms with E-state index in [9.17, 15) is 14.7 Å². The van der Waals surface area contributed by atoms with Crippen molar-refractivity contribution in [2.75, 3.05) is 6.61 Å². The molecule has 0 spiro atoms. The molecule has 0 amide bonds. The Balaban J connectivity index is 1.77. The molecule has 35 heavy (non-hydrogen) atoms. The number of carboxylic acid groups (broad SMARTS) is 1. The van der Waals surface area contributed by atoms with Gasteiger partial charge in [0.25, 0.3) is 0 Å². The quantitative estimate of drug-likeness (QED) is 0.422.